The quantitative estimate of drug-likeness (QED) is 0.129. The highest BCUT2D eigenvalue weighted by molar-refractivity contribution is 7.89. The normalized spacial score (nSPS) is 17.6. The number of hydrogen-bond acceptors (Lipinski definition) is 11. The number of nitrogens with zero attached hydrogens (tertiary/aromatic N) is 2. The predicted octanol–water partition coefficient (Wildman–Crippen LogP) is 3.54. The van der Waals surface area contributed by atoms with E-state index < -0.39 is 55.9 Å². The predicted molar refractivity (Wildman–Crippen MR) is 203 cm³/mol. The second kappa shape index (κ2) is 18.3. The van der Waals surface area contributed by atoms with Gasteiger partial charge < -0.3 is 34.8 Å². The number of aliphatic hydroxyl groups is 2. The molecule has 3 aromatic rings. The van der Waals surface area contributed by atoms with Crippen LogP contribution in [0.5, 0.6) is 11.5 Å². The minimum Gasteiger partial charge on any atom is -0.486 e. The molecule has 0 radical (unpaired) electrons. The van der Waals surface area contributed by atoms with Gasteiger partial charge in [0.1, 0.15) is 13.2 Å². The molecule has 0 saturated carbocycles. The van der Waals surface area contributed by atoms with Gasteiger partial charge in [-0.3, -0.25) is 9.59 Å². The van der Waals surface area contributed by atoms with Crippen molar-refractivity contribution in [3.8, 4) is 11.5 Å². The third-order valence-electron chi connectivity index (χ3n) is 10.1. The molecule has 3 atom stereocenters. The van der Waals surface area contributed by atoms with E-state index in [1.807, 2.05) is 6.07 Å². The fourth-order valence-corrected chi connectivity index (χ4v) is 8.03. The molecule has 0 aliphatic carbocycles. The number of likely N-dealkylation sites (N-methyl/N-ethyl adjacent to an activating group) is 1. The zero-order valence-electron chi connectivity index (χ0n) is 31.5. The standard InChI is InChI=1S/C22H36N2O4S.C18H14O8/c1-5-23(16-19-8-10-24(11-9-19)29(25,26)17(2)3)18(4)14-20-6-7-21-22(15-20)28-13-12-27-21;19-13(11-7-3-1-4-8-11)17(25,15(21)22)18(26,16(23)24)14(20)12-9-5-2-6-10-12/h6-7,15,17-19H,5,8-14,16H2,1-4H3;1-10,25-26H,(H,21,22)(H,23,24). The van der Waals surface area contributed by atoms with E-state index in [2.05, 4.69) is 30.9 Å². The van der Waals surface area contributed by atoms with E-state index >= 15 is 0 Å². The Bertz CT molecular complexity index is 1840. The Kier molecular flexibility index (Phi) is 14.3. The lowest BCUT2D eigenvalue weighted by Gasteiger charge is -2.36. The van der Waals surface area contributed by atoms with Crippen LogP contribution in [0.4, 0.5) is 0 Å². The number of carboxylic acids is 2. The van der Waals surface area contributed by atoms with Crippen LogP contribution in [-0.4, -0.2) is 123 Å². The summed E-state index contributed by atoms with van der Waals surface area (Å²) in [6.07, 6.45) is 2.85. The van der Waals surface area contributed by atoms with Crippen molar-refractivity contribution in [3.63, 3.8) is 0 Å². The molecule has 15 heteroatoms. The first-order valence-corrected chi connectivity index (χ1v) is 19.7. The number of sulfonamides is 1. The molecule has 0 aromatic heterocycles. The molecule has 0 spiro atoms. The molecule has 2 aliphatic rings. The van der Waals surface area contributed by atoms with E-state index in [1.165, 1.54) is 42.0 Å². The third-order valence-corrected chi connectivity index (χ3v) is 12.3. The fraction of sp³-hybridized carbons (Fsp3) is 0.450. The van der Waals surface area contributed by atoms with Gasteiger partial charge in [-0.2, -0.15) is 0 Å². The van der Waals surface area contributed by atoms with Gasteiger partial charge in [0.15, 0.2) is 11.5 Å². The summed E-state index contributed by atoms with van der Waals surface area (Å²) in [7, 11) is -3.12. The highest BCUT2D eigenvalue weighted by Gasteiger charge is 2.69. The maximum absolute atomic E-state index is 12.6. The number of aliphatic carboxylic acids is 2. The van der Waals surface area contributed by atoms with Crippen molar-refractivity contribution in [2.45, 2.75) is 69.5 Å². The lowest BCUT2D eigenvalue weighted by molar-refractivity contribution is -0.187. The van der Waals surface area contributed by atoms with Crippen LogP contribution in [0.3, 0.4) is 0 Å². The first-order valence-electron chi connectivity index (χ1n) is 18.2. The molecular weight excluding hydrogens is 733 g/mol. The lowest BCUT2D eigenvalue weighted by atomic mass is 9.73. The van der Waals surface area contributed by atoms with Gasteiger partial charge in [0.25, 0.3) is 11.2 Å². The number of carboxylic acid groups (broad SMARTS) is 2. The largest absolute Gasteiger partial charge is 0.486 e. The molecular formula is C40H50N2O12S. The van der Waals surface area contributed by atoms with Crippen molar-refractivity contribution in [3.05, 3.63) is 95.6 Å². The Labute approximate surface area is 321 Å². The number of carbonyl (C=O) groups is 4. The van der Waals surface area contributed by atoms with Gasteiger partial charge >= 0.3 is 11.9 Å². The van der Waals surface area contributed by atoms with Crippen LogP contribution in [0.1, 0.15) is 66.8 Å². The summed E-state index contributed by atoms with van der Waals surface area (Å²) in [6.45, 7) is 12.6. The Hall–Kier alpha value is -4.67. The van der Waals surface area contributed by atoms with E-state index in [0.29, 0.717) is 38.3 Å². The SMILES string of the molecule is CCN(CC1CCN(S(=O)(=O)C(C)C)CC1)C(C)Cc1ccc2c(c1)OCCO2.O=C(O)C(O)(C(=O)c1ccccc1)C(O)(C(=O)O)C(=O)c1ccccc1. The van der Waals surface area contributed by atoms with Crippen molar-refractivity contribution >= 4 is 33.5 Å². The highest BCUT2D eigenvalue weighted by Crippen LogP contribution is 2.33. The molecule has 2 heterocycles. The summed E-state index contributed by atoms with van der Waals surface area (Å²) in [5.74, 6) is -5.79. The van der Waals surface area contributed by atoms with Crippen molar-refractivity contribution in [2.75, 3.05) is 39.4 Å². The average molecular weight is 783 g/mol. The van der Waals surface area contributed by atoms with Crippen molar-refractivity contribution in [1.82, 2.24) is 9.21 Å². The summed E-state index contributed by atoms with van der Waals surface area (Å²) in [4.78, 5) is 51.1. The van der Waals surface area contributed by atoms with Crippen molar-refractivity contribution in [2.24, 2.45) is 5.92 Å². The Morgan fingerprint density at radius 3 is 1.69 bits per heavy atom. The summed E-state index contributed by atoms with van der Waals surface area (Å²) >= 11 is 0. The fourth-order valence-electron chi connectivity index (χ4n) is 6.71. The van der Waals surface area contributed by atoms with Gasteiger partial charge in [-0.1, -0.05) is 73.7 Å². The number of benzene rings is 3. The van der Waals surface area contributed by atoms with E-state index in [4.69, 9.17) is 9.47 Å². The zero-order valence-corrected chi connectivity index (χ0v) is 32.3. The number of Topliss-reactive ketones (excluding diaryl/α,β-unsaturated/α-hetero) is 2. The van der Waals surface area contributed by atoms with Crippen LogP contribution in [0.15, 0.2) is 78.9 Å². The second-order valence-corrected chi connectivity index (χ2v) is 16.5. The van der Waals surface area contributed by atoms with Crippen molar-refractivity contribution < 1.29 is 57.5 Å². The lowest BCUT2D eigenvalue weighted by Crippen LogP contribution is -2.71. The summed E-state index contributed by atoms with van der Waals surface area (Å²) in [5.41, 5.74) is -7.42. The topological polar surface area (TPSA) is 208 Å². The molecule has 298 valence electrons. The number of piperidine rings is 1. The smallest absolute Gasteiger partial charge is 0.348 e. The van der Waals surface area contributed by atoms with E-state index in [9.17, 15) is 48.0 Å². The maximum Gasteiger partial charge on any atom is 0.348 e. The molecule has 1 fully saturated rings. The molecule has 1 saturated heterocycles. The Balaban J connectivity index is 0.000000246. The van der Waals surface area contributed by atoms with Crippen LogP contribution in [0, 0.1) is 5.92 Å². The first-order chi connectivity index (χ1) is 26.0. The molecule has 0 amide bonds. The van der Waals surface area contributed by atoms with Gasteiger partial charge in [-0.05, 0) is 70.2 Å². The Morgan fingerprint density at radius 1 is 0.782 bits per heavy atom. The third kappa shape index (κ3) is 9.42. The van der Waals surface area contributed by atoms with Crippen molar-refractivity contribution in [1.29, 1.82) is 0 Å². The summed E-state index contributed by atoms with van der Waals surface area (Å²) in [6, 6.07) is 19.5. The van der Waals surface area contributed by atoms with E-state index in [1.54, 1.807) is 18.2 Å². The summed E-state index contributed by atoms with van der Waals surface area (Å²) < 4.78 is 37.8. The average Bonchev–Trinajstić information content (AvgIpc) is 3.19. The van der Waals surface area contributed by atoms with Crippen LogP contribution in [0.25, 0.3) is 0 Å². The number of hydrogen-bond donors (Lipinski definition) is 4. The van der Waals surface area contributed by atoms with Crippen LogP contribution in [-0.2, 0) is 26.0 Å². The van der Waals surface area contributed by atoms with E-state index in [-0.39, 0.29) is 5.25 Å². The first kappa shape index (κ1) is 43.1. The van der Waals surface area contributed by atoms with Gasteiger partial charge in [-0.15, -0.1) is 0 Å². The zero-order chi connectivity index (χ0) is 40.6. The summed E-state index contributed by atoms with van der Waals surface area (Å²) in [5, 5.41) is 39.5. The van der Waals surface area contributed by atoms with Gasteiger partial charge in [0.05, 0.1) is 5.25 Å². The minimum absolute atomic E-state index is 0.336. The molecule has 2 aliphatic heterocycles. The number of ketones is 2. The minimum atomic E-state index is -3.95. The number of rotatable bonds is 15. The molecule has 0 bridgehead atoms. The Morgan fingerprint density at radius 2 is 1.25 bits per heavy atom. The molecule has 5 rings (SSSR count). The van der Waals surface area contributed by atoms with Crippen LogP contribution < -0.4 is 9.47 Å². The highest BCUT2D eigenvalue weighted by atomic mass is 32.2. The van der Waals surface area contributed by atoms with Gasteiger partial charge in [0, 0.05) is 36.8 Å². The molecule has 55 heavy (non-hydrogen) atoms. The molecule has 3 unspecified atom stereocenters. The monoisotopic (exact) mass is 782 g/mol. The molecule has 14 nitrogen and oxygen atoms in total. The van der Waals surface area contributed by atoms with E-state index in [0.717, 1.165) is 68.1 Å². The molecule has 3 aromatic carbocycles. The second-order valence-electron chi connectivity index (χ2n) is 14.0. The van der Waals surface area contributed by atoms with Crippen LogP contribution in [0.2, 0.25) is 0 Å². The maximum atomic E-state index is 12.6. The number of carbonyl (C=O) groups excluding carboxylic acids is 2. The van der Waals surface area contributed by atoms with Crippen LogP contribution >= 0.6 is 0 Å². The number of ether oxygens (including phenoxy) is 2. The van der Waals surface area contributed by atoms with Gasteiger partial charge in [0.2, 0.25) is 21.6 Å². The number of fused-ring (bicyclic) bond motifs is 1. The van der Waals surface area contributed by atoms with Gasteiger partial charge in [-0.25, -0.2) is 22.3 Å². The molecule has 4 N–H and O–H groups in total.